The van der Waals surface area contributed by atoms with E-state index in [0.717, 1.165) is 30.8 Å². The van der Waals surface area contributed by atoms with Crippen molar-refractivity contribution in [2.75, 3.05) is 13.1 Å². The first-order valence-electron chi connectivity index (χ1n) is 10.6. The minimum Gasteiger partial charge on any atom is -0.478 e. The zero-order valence-corrected chi connectivity index (χ0v) is 19.0. The molecule has 0 amide bonds. The smallest absolute Gasteiger partial charge is 0.328 e. The number of hydrogen-bond acceptors (Lipinski definition) is 5. The molecule has 2 N–H and O–H groups in total. The Balaban J connectivity index is 0.000000312. The summed E-state index contributed by atoms with van der Waals surface area (Å²) < 4.78 is 0. The molecule has 0 spiro atoms. The Kier molecular flexibility index (Phi) is 7.77. The lowest BCUT2D eigenvalue weighted by atomic mass is 9.87. The molecule has 2 heterocycles. The van der Waals surface area contributed by atoms with E-state index in [1.54, 1.807) is 11.3 Å². The van der Waals surface area contributed by atoms with Gasteiger partial charge in [0.1, 0.15) is 0 Å². The first-order valence-corrected chi connectivity index (χ1v) is 11.4. The van der Waals surface area contributed by atoms with E-state index < -0.39 is 11.9 Å². The molecule has 6 nitrogen and oxygen atoms in total. The van der Waals surface area contributed by atoms with Crippen LogP contribution < -0.4 is 0 Å². The van der Waals surface area contributed by atoms with Crippen LogP contribution in [0.25, 0.3) is 5.57 Å². The molecule has 1 aromatic heterocycles. The second-order valence-corrected chi connectivity index (χ2v) is 8.95. The van der Waals surface area contributed by atoms with Crippen LogP contribution in [-0.2, 0) is 16.0 Å². The van der Waals surface area contributed by atoms with Crippen LogP contribution in [0.15, 0.2) is 53.4 Å². The Bertz CT molecular complexity index is 1050. The van der Waals surface area contributed by atoms with Gasteiger partial charge in [0.25, 0.3) is 0 Å². The standard InChI is InChI=1S/C21H23NOS.C4H4O4/c1-14(2)22-10-7-15(8-11-22)20-17-6-4-3-5-16(17)13-19(23)21-18(20)9-12-24-21;5-3(6)1-2-4(7)8/h3-6,9,12,14H,7-8,10-11,13H2,1-2H3;1-2H,(H,5,6)(H,7,8). The van der Waals surface area contributed by atoms with Gasteiger partial charge in [0.15, 0.2) is 5.78 Å². The van der Waals surface area contributed by atoms with E-state index in [0.29, 0.717) is 24.6 Å². The third-order valence-electron chi connectivity index (χ3n) is 5.68. The number of benzene rings is 1. The summed E-state index contributed by atoms with van der Waals surface area (Å²) in [6, 6.07) is 11.2. The van der Waals surface area contributed by atoms with E-state index in [4.69, 9.17) is 10.2 Å². The molecule has 1 fully saturated rings. The van der Waals surface area contributed by atoms with Crippen LogP contribution in [0.5, 0.6) is 0 Å². The number of piperidine rings is 1. The summed E-state index contributed by atoms with van der Waals surface area (Å²) in [6.07, 6.45) is 3.85. The summed E-state index contributed by atoms with van der Waals surface area (Å²) >= 11 is 1.60. The first-order chi connectivity index (χ1) is 15.3. The lowest BCUT2D eigenvalue weighted by Gasteiger charge is -2.33. The monoisotopic (exact) mass is 453 g/mol. The van der Waals surface area contributed by atoms with Crippen LogP contribution in [0.1, 0.15) is 53.1 Å². The molecule has 168 valence electrons. The molecule has 2 aliphatic rings. The number of Topliss-reactive ketones (excluding diaryl/α,β-unsaturated/α-hetero) is 1. The Labute approximate surface area is 191 Å². The SMILES string of the molecule is CC(C)N1CCC(=C2c3ccccc3CC(=O)c3sccc32)CC1.O=C(O)C=CC(=O)O. The van der Waals surface area contributed by atoms with Gasteiger partial charge >= 0.3 is 11.9 Å². The van der Waals surface area contributed by atoms with Crippen LogP contribution >= 0.6 is 11.3 Å². The number of rotatable bonds is 3. The number of hydrogen-bond donors (Lipinski definition) is 2. The van der Waals surface area contributed by atoms with Gasteiger partial charge in [-0.2, -0.15) is 0 Å². The molecule has 2 aromatic rings. The number of thiophene rings is 1. The Morgan fingerprint density at radius 3 is 2.22 bits per heavy atom. The number of ketones is 1. The van der Waals surface area contributed by atoms with Crippen molar-refractivity contribution in [2.45, 2.75) is 39.2 Å². The molecule has 7 heteroatoms. The predicted octanol–water partition coefficient (Wildman–Crippen LogP) is 4.50. The average molecular weight is 454 g/mol. The molecule has 0 radical (unpaired) electrons. The van der Waals surface area contributed by atoms with E-state index in [2.05, 4.69) is 54.5 Å². The Hall–Kier alpha value is -3.03. The summed E-state index contributed by atoms with van der Waals surface area (Å²) in [5, 5.41) is 17.7. The highest BCUT2D eigenvalue weighted by atomic mass is 32.1. The fraction of sp³-hybridized carbons (Fsp3) is 0.320. The average Bonchev–Trinajstić information content (AvgIpc) is 3.20. The van der Waals surface area contributed by atoms with Crippen molar-refractivity contribution in [3.05, 3.63) is 75.0 Å². The van der Waals surface area contributed by atoms with Crippen LogP contribution in [0.2, 0.25) is 0 Å². The maximum atomic E-state index is 12.7. The van der Waals surface area contributed by atoms with Crippen LogP contribution in [0.4, 0.5) is 0 Å². The summed E-state index contributed by atoms with van der Waals surface area (Å²) in [4.78, 5) is 35.3. The van der Waals surface area contributed by atoms with Crippen LogP contribution in [0, 0.1) is 0 Å². The molecular weight excluding hydrogens is 426 g/mol. The highest BCUT2D eigenvalue weighted by Gasteiger charge is 2.28. The van der Waals surface area contributed by atoms with E-state index in [1.165, 1.54) is 27.8 Å². The number of nitrogens with zero attached hydrogens (tertiary/aromatic N) is 1. The largest absolute Gasteiger partial charge is 0.478 e. The fourth-order valence-electron chi connectivity index (χ4n) is 4.12. The molecule has 32 heavy (non-hydrogen) atoms. The van der Waals surface area contributed by atoms with Crippen molar-refractivity contribution < 1.29 is 24.6 Å². The normalized spacial score (nSPS) is 16.3. The van der Waals surface area contributed by atoms with Gasteiger partial charge in [0.05, 0.1) is 4.88 Å². The van der Waals surface area contributed by atoms with Gasteiger partial charge in [-0.15, -0.1) is 11.3 Å². The zero-order valence-electron chi connectivity index (χ0n) is 18.2. The highest BCUT2D eigenvalue weighted by molar-refractivity contribution is 7.12. The first kappa shape index (κ1) is 23.6. The maximum absolute atomic E-state index is 12.7. The number of carbonyl (C=O) groups excluding carboxylic acids is 1. The minimum absolute atomic E-state index is 0.266. The lowest BCUT2D eigenvalue weighted by Crippen LogP contribution is -2.36. The number of carboxylic acids is 2. The van der Waals surface area contributed by atoms with Crippen LogP contribution in [-0.4, -0.2) is 52.0 Å². The highest BCUT2D eigenvalue weighted by Crippen LogP contribution is 2.40. The number of likely N-dealkylation sites (tertiary alicyclic amines) is 1. The number of carbonyl (C=O) groups is 3. The van der Waals surface area contributed by atoms with Crippen molar-refractivity contribution >= 4 is 34.6 Å². The van der Waals surface area contributed by atoms with E-state index in [-0.39, 0.29) is 5.78 Å². The molecule has 0 saturated carbocycles. The summed E-state index contributed by atoms with van der Waals surface area (Å²) in [7, 11) is 0. The Morgan fingerprint density at radius 1 is 1.00 bits per heavy atom. The second kappa shape index (κ2) is 10.5. The molecule has 1 aromatic carbocycles. The molecule has 4 rings (SSSR count). The topological polar surface area (TPSA) is 94.9 Å². The van der Waals surface area contributed by atoms with Crippen LogP contribution in [0.3, 0.4) is 0 Å². The van der Waals surface area contributed by atoms with Gasteiger partial charge in [0.2, 0.25) is 0 Å². The quantitative estimate of drug-likeness (QED) is 0.665. The predicted molar refractivity (Wildman–Crippen MR) is 125 cm³/mol. The maximum Gasteiger partial charge on any atom is 0.328 e. The van der Waals surface area contributed by atoms with Crippen molar-refractivity contribution in [2.24, 2.45) is 0 Å². The molecule has 1 aliphatic carbocycles. The number of carboxylic acid groups (broad SMARTS) is 2. The summed E-state index contributed by atoms with van der Waals surface area (Å²) in [6.45, 7) is 6.78. The lowest BCUT2D eigenvalue weighted by molar-refractivity contribution is -0.134. The molecule has 1 aliphatic heterocycles. The molecule has 0 unspecified atom stereocenters. The van der Waals surface area contributed by atoms with Gasteiger partial charge in [-0.05, 0) is 54.8 Å². The molecule has 0 atom stereocenters. The third-order valence-corrected chi connectivity index (χ3v) is 6.63. The van der Waals surface area contributed by atoms with E-state index in [9.17, 15) is 14.4 Å². The number of aliphatic carboxylic acids is 2. The summed E-state index contributed by atoms with van der Waals surface area (Å²) in [5.74, 6) is -2.25. The second-order valence-electron chi connectivity index (χ2n) is 8.04. The van der Waals surface area contributed by atoms with Gasteiger partial charge in [0, 0.05) is 43.3 Å². The molecule has 1 saturated heterocycles. The molecular formula is C25H27NO5S. The van der Waals surface area contributed by atoms with Gasteiger partial charge in [-0.3, -0.25) is 4.79 Å². The van der Waals surface area contributed by atoms with E-state index >= 15 is 0 Å². The van der Waals surface area contributed by atoms with Gasteiger partial charge in [-0.25, -0.2) is 9.59 Å². The molecule has 0 bridgehead atoms. The Morgan fingerprint density at radius 2 is 1.62 bits per heavy atom. The van der Waals surface area contributed by atoms with E-state index in [1.807, 2.05) is 0 Å². The summed E-state index contributed by atoms with van der Waals surface area (Å²) in [5.41, 5.74) is 6.49. The minimum atomic E-state index is -1.26. The van der Waals surface area contributed by atoms with Crippen molar-refractivity contribution in [3.63, 3.8) is 0 Å². The van der Waals surface area contributed by atoms with Crippen molar-refractivity contribution in [1.29, 1.82) is 0 Å². The van der Waals surface area contributed by atoms with Crippen molar-refractivity contribution in [3.8, 4) is 0 Å². The third kappa shape index (κ3) is 5.60. The van der Waals surface area contributed by atoms with Crippen molar-refractivity contribution in [1.82, 2.24) is 4.90 Å². The van der Waals surface area contributed by atoms with Gasteiger partial charge in [-0.1, -0.05) is 29.8 Å². The zero-order chi connectivity index (χ0) is 23.3. The van der Waals surface area contributed by atoms with Gasteiger partial charge < -0.3 is 15.1 Å². The fourth-order valence-corrected chi connectivity index (χ4v) is 4.96. The number of fused-ring (bicyclic) bond motifs is 2.